The summed E-state index contributed by atoms with van der Waals surface area (Å²) in [5.41, 5.74) is 4.73. The summed E-state index contributed by atoms with van der Waals surface area (Å²) >= 11 is 0. The van der Waals surface area contributed by atoms with Gasteiger partial charge in [-0.05, 0) is 43.0 Å². The van der Waals surface area contributed by atoms with Crippen LogP contribution in [-0.2, 0) is 26.1 Å². The Morgan fingerprint density at radius 2 is 2.17 bits per heavy atom. The number of fused-ring (bicyclic) bond motifs is 2. The maximum Gasteiger partial charge on any atom is 0.254 e. The molecule has 1 aliphatic heterocycles. The first-order valence-electron chi connectivity index (χ1n) is 10.2. The molecule has 0 radical (unpaired) electrons. The van der Waals surface area contributed by atoms with Crippen molar-refractivity contribution in [1.29, 1.82) is 0 Å². The Kier molecular flexibility index (Phi) is 5.71. The van der Waals surface area contributed by atoms with Crippen molar-refractivity contribution < 1.29 is 18.0 Å². The molecule has 1 aliphatic carbocycles. The van der Waals surface area contributed by atoms with Crippen molar-refractivity contribution in [1.82, 2.24) is 20.1 Å². The number of hydrogen-bond donors (Lipinski definition) is 3. The van der Waals surface area contributed by atoms with Gasteiger partial charge in [0.05, 0.1) is 24.8 Å². The lowest BCUT2D eigenvalue weighted by Gasteiger charge is -2.35. The predicted octanol–water partition coefficient (Wildman–Crippen LogP) is 1.41. The van der Waals surface area contributed by atoms with Gasteiger partial charge < -0.3 is 10.3 Å². The molecule has 0 spiro atoms. The zero-order valence-electron chi connectivity index (χ0n) is 17.4. The van der Waals surface area contributed by atoms with Gasteiger partial charge in [0.25, 0.3) is 5.91 Å². The molecule has 1 aromatic carbocycles. The summed E-state index contributed by atoms with van der Waals surface area (Å²) in [6.45, 7) is 4.49. The van der Waals surface area contributed by atoms with E-state index in [0.29, 0.717) is 6.54 Å². The third-order valence-corrected chi connectivity index (χ3v) is 6.29. The Morgan fingerprint density at radius 3 is 2.90 bits per heavy atom. The van der Waals surface area contributed by atoms with Gasteiger partial charge in [0, 0.05) is 36.2 Å². The Hall–Kier alpha value is -2.20. The normalized spacial score (nSPS) is 20.9. The third kappa shape index (κ3) is 4.15. The van der Waals surface area contributed by atoms with Crippen molar-refractivity contribution in [3.05, 3.63) is 41.6 Å². The van der Waals surface area contributed by atoms with Crippen molar-refractivity contribution in [3.63, 3.8) is 0 Å². The smallest absolute Gasteiger partial charge is 0.254 e. The van der Waals surface area contributed by atoms with E-state index in [0.717, 1.165) is 23.8 Å². The highest BCUT2D eigenvalue weighted by molar-refractivity contribution is 7.88. The summed E-state index contributed by atoms with van der Waals surface area (Å²) in [6.07, 6.45) is 6.13. The lowest BCUT2D eigenvalue weighted by atomic mass is 9.80. The fraction of sp³-hybridized carbons (Fsp3) is 0.476. The van der Waals surface area contributed by atoms with E-state index >= 15 is 0 Å². The zero-order chi connectivity index (χ0) is 21.5. The molecule has 9 heteroatoms. The van der Waals surface area contributed by atoms with Crippen LogP contribution in [0, 0.1) is 5.92 Å². The third-order valence-electron chi connectivity index (χ3n) is 5.56. The molecule has 0 unspecified atom stereocenters. The van der Waals surface area contributed by atoms with Gasteiger partial charge in [0.2, 0.25) is 10.0 Å². The minimum atomic E-state index is -3.29. The Morgan fingerprint density at radius 1 is 1.37 bits per heavy atom. The number of aromatic amines is 1. The largest absolute Gasteiger partial charge is 0.361 e. The van der Waals surface area contributed by atoms with Crippen molar-refractivity contribution in [2.24, 2.45) is 5.92 Å². The summed E-state index contributed by atoms with van der Waals surface area (Å²) in [4.78, 5) is 22.2. The number of aromatic nitrogens is 1. The standard InChI is InChI=1S/C21H28N4O4S/c1-13(2)25(29-8-7-24-30(3,27)28)21(26)15-9-17-16-5-4-6-18-20(16)14(11-22-18)10-19(17)23-12-15/h4-6,9,11,13,15,19,22-24H,7-8,10,12H2,1-3H3/t15-,19-/m1/s1. The molecule has 2 heterocycles. The highest BCUT2D eigenvalue weighted by Gasteiger charge is 2.34. The van der Waals surface area contributed by atoms with E-state index in [9.17, 15) is 13.2 Å². The maximum atomic E-state index is 13.2. The van der Waals surface area contributed by atoms with Crippen LogP contribution in [0.15, 0.2) is 30.5 Å². The summed E-state index contributed by atoms with van der Waals surface area (Å²) in [6, 6.07) is 6.24. The predicted molar refractivity (Wildman–Crippen MR) is 116 cm³/mol. The Balaban J connectivity index is 1.53. The molecule has 1 aromatic heterocycles. The Bertz CT molecular complexity index is 1090. The highest BCUT2D eigenvalue weighted by atomic mass is 32.2. The van der Waals surface area contributed by atoms with E-state index in [2.05, 4.69) is 39.4 Å². The summed E-state index contributed by atoms with van der Waals surface area (Å²) in [5.74, 6) is -0.480. The molecule has 2 aromatic rings. The highest BCUT2D eigenvalue weighted by Crippen LogP contribution is 2.38. The van der Waals surface area contributed by atoms with Crippen LogP contribution in [0.25, 0.3) is 16.5 Å². The van der Waals surface area contributed by atoms with E-state index in [1.807, 2.05) is 19.9 Å². The summed E-state index contributed by atoms with van der Waals surface area (Å²) in [7, 11) is -3.29. The molecule has 0 fully saturated rings. The van der Waals surface area contributed by atoms with Gasteiger partial charge in [-0.25, -0.2) is 18.2 Å². The van der Waals surface area contributed by atoms with E-state index in [1.54, 1.807) is 0 Å². The first kappa shape index (κ1) is 21.0. The molecular weight excluding hydrogens is 404 g/mol. The minimum Gasteiger partial charge on any atom is -0.361 e. The van der Waals surface area contributed by atoms with Gasteiger partial charge in [0.1, 0.15) is 0 Å². The molecule has 30 heavy (non-hydrogen) atoms. The van der Waals surface area contributed by atoms with Gasteiger partial charge in [-0.2, -0.15) is 0 Å². The number of hydroxylamine groups is 2. The first-order valence-corrected chi connectivity index (χ1v) is 12.1. The van der Waals surface area contributed by atoms with Crippen molar-refractivity contribution >= 4 is 32.4 Å². The second-order valence-electron chi connectivity index (χ2n) is 8.19. The number of H-pyrrole nitrogens is 1. The molecule has 8 nitrogen and oxygen atoms in total. The van der Waals surface area contributed by atoms with Crippen molar-refractivity contribution in [2.45, 2.75) is 32.4 Å². The number of hydrogen-bond acceptors (Lipinski definition) is 5. The molecule has 2 atom stereocenters. The average Bonchev–Trinajstić information content (AvgIpc) is 3.10. The van der Waals surface area contributed by atoms with Crippen LogP contribution in [-0.4, -0.2) is 62.4 Å². The van der Waals surface area contributed by atoms with E-state index < -0.39 is 10.0 Å². The second kappa shape index (κ2) is 8.14. The molecule has 3 N–H and O–H groups in total. The van der Waals surface area contributed by atoms with Crippen molar-refractivity contribution in [2.75, 3.05) is 26.0 Å². The molecule has 4 rings (SSSR count). The van der Waals surface area contributed by atoms with Crippen LogP contribution >= 0.6 is 0 Å². The number of rotatable bonds is 7. The lowest BCUT2D eigenvalue weighted by molar-refractivity contribution is -0.198. The van der Waals surface area contributed by atoms with Gasteiger partial charge >= 0.3 is 0 Å². The van der Waals surface area contributed by atoms with Crippen LogP contribution in [0.5, 0.6) is 0 Å². The van der Waals surface area contributed by atoms with Crippen LogP contribution in [0.3, 0.4) is 0 Å². The lowest BCUT2D eigenvalue weighted by Crippen LogP contribution is -2.48. The average molecular weight is 433 g/mol. The van der Waals surface area contributed by atoms with Gasteiger partial charge in [0.15, 0.2) is 0 Å². The molecule has 0 saturated heterocycles. The Labute approximate surface area is 176 Å². The zero-order valence-corrected chi connectivity index (χ0v) is 18.3. The van der Waals surface area contributed by atoms with Crippen LogP contribution < -0.4 is 10.0 Å². The molecule has 0 saturated carbocycles. The second-order valence-corrected chi connectivity index (χ2v) is 10.0. The van der Waals surface area contributed by atoms with Crippen LogP contribution in [0.4, 0.5) is 0 Å². The van der Waals surface area contributed by atoms with Crippen molar-refractivity contribution in [3.8, 4) is 0 Å². The topological polar surface area (TPSA) is 104 Å². The number of benzene rings is 1. The van der Waals surface area contributed by atoms with E-state index in [1.165, 1.54) is 21.6 Å². The maximum absolute atomic E-state index is 13.2. The molecule has 162 valence electrons. The molecule has 0 bridgehead atoms. The number of amides is 1. The van der Waals surface area contributed by atoms with Crippen LogP contribution in [0.1, 0.15) is 25.0 Å². The summed E-state index contributed by atoms with van der Waals surface area (Å²) in [5, 5.41) is 6.12. The SMILES string of the molecule is CC(C)N(OCCNS(C)(=O)=O)C(=O)[C@@H]1C=C2c3cccc4[nH]cc(c34)C[C@H]2NC1. The monoisotopic (exact) mass is 432 g/mol. The number of nitrogens with zero attached hydrogens (tertiary/aromatic N) is 1. The quantitative estimate of drug-likeness (QED) is 0.453. The fourth-order valence-electron chi connectivity index (χ4n) is 4.27. The molecule has 1 amide bonds. The molecular formula is C21H28N4O4S. The number of sulfonamides is 1. The van der Waals surface area contributed by atoms with Gasteiger partial charge in [-0.15, -0.1) is 0 Å². The van der Waals surface area contributed by atoms with Gasteiger partial charge in [-0.3, -0.25) is 9.63 Å². The van der Waals surface area contributed by atoms with E-state index in [-0.39, 0.29) is 37.1 Å². The molecule has 2 aliphatic rings. The number of nitrogens with one attached hydrogen (secondary N) is 3. The number of carbonyl (C=O) groups excluding carboxylic acids is 1. The minimum absolute atomic E-state index is 0.0857. The van der Waals surface area contributed by atoms with Crippen LogP contribution in [0.2, 0.25) is 0 Å². The number of carbonyl (C=O) groups is 1. The van der Waals surface area contributed by atoms with Gasteiger partial charge in [-0.1, -0.05) is 18.2 Å². The summed E-state index contributed by atoms with van der Waals surface area (Å²) < 4.78 is 24.8. The first-order chi connectivity index (χ1) is 14.2. The van der Waals surface area contributed by atoms with E-state index in [4.69, 9.17) is 4.84 Å². The fourth-order valence-corrected chi connectivity index (χ4v) is 4.72.